The molecule has 4 heteroatoms. The van der Waals surface area contributed by atoms with Crippen LogP contribution in [-0.2, 0) is 20.7 Å². The second kappa shape index (κ2) is 6.02. The monoisotopic (exact) mass is 221 g/mol. The highest BCUT2D eigenvalue weighted by Crippen LogP contribution is 2.04. The number of esters is 1. The molecule has 0 heterocycles. The molecule has 16 heavy (non-hydrogen) atoms. The zero-order valence-electron chi connectivity index (χ0n) is 9.18. The smallest absolute Gasteiger partial charge is 0.313 e. The number of carbonyl (C=O) groups is 2. The first kappa shape index (κ1) is 12.4. The van der Waals surface area contributed by atoms with E-state index in [1.165, 1.54) is 7.11 Å². The molecule has 0 bridgehead atoms. The van der Waals surface area contributed by atoms with E-state index in [1.54, 1.807) is 0 Å². The van der Waals surface area contributed by atoms with Gasteiger partial charge in [0.25, 0.3) is 0 Å². The third-order valence-corrected chi connectivity index (χ3v) is 2.26. The normalized spacial score (nSPS) is 11.9. The summed E-state index contributed by atoms with van der Waals surface area (Å²) in [6.45, 7) is 0. The number of carbonyl (C=O) groups excluding carboxylic acids is 2. The second-order valence-corrected chi connectivity index (χ2v) is 3.52. The van der Waals surface area contributed by atoms with Crippen molar-refractivity contribution in [3.63, 3.8) is 0 Å². The minimum absolute atomic E-state index is 0.259. The highest BCUT2D eigenvalue weighted by atomic mass is 16.5. The van der Waals surface area contributed by atoms with E-state index in [1.807, 2.05) is 30.3 Å². The molecule has 1 rings (SSSR count). The van der Waals surface area contributed by atoms with E-state index in [9.17, 15) is 9.59 Å². The molecule has 1 atom stereocenters. The number of rotatable bonds is 5. The zero-order valence-corrected chi connectivity index (χ0v) is 9.18. The Balaban J connectivity index is 2.49. The summed E-state index contributed by atoms with van der Waals surface area (Å²) in [5.74, 6) is -0.843. The number of nitrogens with two attached hydrogens (primary N) is 1. The highest BCUT2D eigenvalue weighted by Gasteiger charge is 2.17. The van der Waals surface area contributed by atoms with Crippen LogP contribution < -0.4 is 5.73 Å². The fraction of sp³-hybridized carbons (Fsp3) is 0.333. The lowest BCUT2D eigenvalue weighted by molar-refractivity contribution is -0.143. The van der Waals surface area contributed by atoms with Crippen molar-refractivity contribution in [3.8, 4) is 0 Å². The molecular formula is C12H15NO3. The topological polar surface area (TPSA) is 69.4 Å². The summed E-state index contributed by atoms with van der Waals surface area (Å²) >= 11 is 0. The standard InChI is InChI=1S/C12H15NO3/c1-16-12(15)8-11(14)10(13)7-9-5-3-2-4-6-9/h2-6,10H,7-8,13H2,1H3/t10-/m0/s1. The summed E-state index contributed by atoms with van der Waals surface area (Å²) in [6, 6.07) is 8.79. The van der Waals surface area contributed by atoms with E-state index in [0.717, 1.165) is 5.56 Å². The number of methoxy groups -OCH3 is 1. The molecular weight excluding hydrogens is 206 g/mol. The van der Waals surface area contributed by atoms with Crippen LogP contribution in [0.15, 0.2) is 30.3 Å². The van der Waals surface area contributed by atoms with Crippen molar-refractivity contribution in [3.05, 3.63) is 35.9 Å². The molecule has 0 aliphatic carbocycles. The van der Waals surface area contributed by atoms with Crippen LogP contribution in [-0.4, -0.2) is 24.9 Å². The van der Waals surface area contributed by atoms with E-state index in [-0.39, 0.29) is 12.2 Å². The van der Waals surface area contributed by atoms with Crippen molar-refractivity contribution < 1.29 is 14.3 Å². The van der Waals surface area contributed by atoms with Crippen molar-refractivity contribution in [1.29, 1.82) is 0 Å². The molecule has 0 spiro atoms. The Bertz CT molecular complexity index is 362. The molecule has 4 nitrogen and oxygen atoms in total. The largest absolute Gasteiger partial charge is 0.469 e. The first-order valence-corrected chi connectivity index (χ1v) is 5.02. The molecule has 0 aliphatic rings. The van der Waals surface area contributed by atoms with Crippen molar-refractivity contribution >= 4 is 11.8 Å². The quantitative estimate of drug-likeness (QED) is 0.586. The van der Waals surface area contributed by atoms with Crippen LogP contribution >= 0.6 is 0 Å². The Hall–Kier alpha value is -1.68. The average Bonchev–Trinajstić information content (AvgIpc) is 2.30. The Morgan fingerprint density at radius 3 is 2.50 bits per heavy atom. The van der Waals surface area contributed by atoms with Gasteiger partial charge in [0.2, 0.25) is 0 Å². The molecule has 0 amide bonds. The van der Waals surface area contributed by atoms with E-state index >= 15 is 0 Å². The fourth-order valence-corrected chi connectivity index (χ4v) is 1.33. The van der Waals surface area contributed by atoms with Gasteiger partial charge in [0.15, 0.2) is 5.78 Å². The van der Waals surface area contributed by atoms with Crippen LogP contribution in [0.4, 0.5) is 0 Å². The Morgan fingerprint density at radius 2 is 1.94 bits per heavy atom. The van der Waals surface area contributed by atoms with Gasteiger partial charge in [-0.2, -0.15) is 0 Å². The summed E-state index contributed by atoms with van der Waals surface area (Å²) in [4.78, 5) is 22.4. The second-order valence-electron chi connectivity index (χ2n) is 3.52. The molecule has 0 unspecified atom stereocenters. The molecule has 0 fully saturated rings. The van der Waals surface area contributed by atoms with Gasteiger partial charge in [0.05, 0.1) is 13.2 Å². The van der Waals surface area contributed by atoms with Gasteiger partial charge < -0.3 is 10.5 Å². The Morgan fingerprint density at radius 1 is 1.31 bits per heavy atom. The fourth-order valence-electron chi connectivity index (χ4n) is 1.33. The van der Waals surface area contributed by atoms with Gasteiger partial charge in [-0.25, -0.2) is 0 Å². The summed E-state index contributed by atoms with van der Waals surface area (Å²) in [5, 5.41) is 0. The summed E-state index contributed by atoms with van der Waals surface area (Å²) in [6.07, 6.45) is 0.182. The van der Waals surface area contributed by atoms with Crippen LogP contribution in [0.3, 0.4) is 0 Å². The number of hydrogen-bond donors (Lipinski definition) is 1. The summed E-state index contributed by atoms with van der Waals surface area (Å²) in [7, 11) is 1.25. The maximum atomic E-state index is 11.5. The Labute approximate surface area is 94.4 Å². The van der Waals surface area contributed by atoms with Gasteiger partial charge in [-0.15, -0.1) is 0 Å². The van der Waals surface area contributed by atoms with Crippen molar-refractivity contribution in [2.75, 3.05) is 7.11 Å². The molecule has 0 saturated heterocycles. The zero-order chi connectivity index (χ0) is 12.0. The molecule has 0 aromatic heterocycles. The van der Waals surface area contributed by atoms with Crippen LogP contribution in [0, 0.1) is 0 Å². The molecule has 0 saturated carbocycles. The number of hydrogen-bond acceptors (Lipinski definition) is 4. The molecule has 0 radical (unpaired) electrons. The van der Waals surface area contributed by atoms with E-state index in [4.69, 9.17) is 5.73 Å². The van der Waals surface area contributed by atoms with Gasteiger partial charge in [0, 0.05) is 0 Å². The molecule has 1 aromatic carbocycles. The number of ether oxygens (including phenoxy) is 1. The first-order chi connectivity index (χ1) is 7.63. The summed E-state index contributed by atoms with van der Waals surface area (Å²) < 4.78 is 4.41. The third-order valence-electron chi connectivity index (χ3n) is 2.26. The highest BCUT2D eigenvalue weighted by molar-refractivity contribution is 5.98. The predicted molar refractivity (Wildman–Crippen MR) is 59.8 cm³/mol. The lowest BCUT2D eigenvalue weighted by atomic mass is 10.0. The van der Waals surface area contributed by atoms with Crippen molar-refractivity contribution in [2.24, 2.45) is 5.73 Å². The van der Waals surface area contributed by atoms with Crippen LogP contribution in [0.2, 0.25) is 0 Å². The van der Waals surface area contributed by atoms with Gasteiger partial charge in [0.1, 0.15) is 6.42 Å². The maximum Gasteiger partial charge on any atom is 0.313 e. The maximum absolute atomic E-state index is 11.5. The number of Topliss-reactive ketones (excluding diaryl/α,β-unsaturated/α-hetero) is 1. The van der Waals surface area contributed by atoms with Gasteiger partial charge in [-0.05, 0) is 12.0 Å². The first-order valence-electron chi connectivity index (χ1n) is 5.02. The van der Waals surface area contributed by atoms with Gasteiger partial charge in [-0.3, -0.25) is 9.59 Å². The summed E-state index contributed by atoms with van der Waals surface area (Å²) in [5.41, 5.74) is 6.67. The van der Waals surface area contributed by atoms with E-state index in [0.29, 0.717) is 6.42 Å². The minimum Gasteiger partial charge on any atom is -0.469 e. The number of ketones is 1. The van der Waals surface area contributed by atoms with Crippen molar-refractivity contribution in [2.45, 2.75) is 18.9 Å². The molecule has 0 aliphatic heterocycles. The molecule has 86 valence electrons. The minimum atomic E-state index is -0.651. The average molecular weight is 221 g/mol. The van der Waals surface area contributed by atoms with Gasteiger partial charge in [-0.1, -0.05) is 30.3 Å². The van der Waals surface area contributed by atoms with Crippen LogP contribution in [0.25, 0.3) is 0 Å². The van der Waals surface area contributed by atoms with Crippen LogP contribution in [0.5, 0.6) is 0 Å². The number of benzene rings is 1. The van der Waals surface area contributed by atoms with E-state index in [2.05, 4.69) is 4.74 Å². The predicted octanol–water partition coefficient (Wildman–Crippen LogP) is 0.689. The van der Waals surface area contributed by atoms with Gasteiger partial charge >= 0.3 is 5.97 Å². The molecule has 2 N–H and O–H groups in total. The third kappa shape index (κ3) is 3.82. The lowest BCUT2D eigenvalue weighted by Gasteiger charge is -2.09. The lowest BCUT2D eigenvalue weighted by Crippen LogP contribution is -2.34. The SMILES string of the molecule is COC(=O)CC(=O)[C@@H](N)Cc1ccccc1. The van der Waals surface area contributed by atoms with Crippen molar-refractivity contribution in [1.82, 2.24) is 0 Å². The molecule has 1 aromatic rings. The van der Waals surface area contributed by atoms with Crippen LogP contribution in [0.1, 0.15) is 12.0 Å². The Kier molecular flexibility index (Phi) is 4.66. The van der Waals surface area contributed by atoms with E-state index < -0.39 is 12.0 Å².